The molecule has 46 valence electrons. The highest BCUT2D eigenvalue weighted by molar-refractivity contribution is 5.62. The molecule has 0 fully saturated rings. The summed E-state index contributed by atoms with van der Waals surface area (Å²) < 4.78 is 1.98. The van der Waals surface area contributed by atoms with Crippen LogP contribution in [-0.2, 0) is 6.54 Å². The van der Waals surface area contributed by atoms with Crippen LogP contribution in [0.5, 0.6) is 0 Å². The van der Waals surface area contributed by atoms with Crippen LogP contribution in [0.3, 0.4) is 0 Å². The van der Waals surface area contributed by atoms with E-state index < -0.39 is 0 Å². The lowest BCUT2D eigenvalue weighted by Crippen LogP contribution is -2.08. The molecular weight excluding hydrogens is 116 g/mol. The van der Waals surface area contributed by atoms with Crippen molar-refractivity contribution in [2.45, 2.75) is 6.54 Å². The minimum atomic E-state index is 0.822. The molecule has 0 spiro atoms. The number of hydrazone groups is 1. The largest absolute Gasteiger partial charge is 0.311 e. The van der Waals surface area contributed by atoms with Crippen LogP contribution in [0.4, 0.5) is 5.82 Å². The Morgan fingerprint density at radius 2 is 2.67 bits per heavy atom. The maximum Gasteiger partial charge on any atom is 0.146 e. The lowest BCUT2D eigenvalue weighted by Gasteiger charge is -2.07. The standard InChI is InChI=1S/C5H6N4/c1-2-9-4-6-3-5(9)8-7-1/h1,3-4,8H,2H2. The first-order chi connectivity index (χ1) is 4.47. The van der Waals surface area contributed by atoms with E-state index in [9.17, 15) is 0 Å². The number of hydrogen-bond acceptors (Lipinski definition) is 3. The summed E-state index contributed by atoms with van der Waals surface area (Å²) in [6.45, 7) is 0.822. The second-order valence-electron chi connectivity index (χ2n) is 1.85. The molecule has 0 aliphatic carbocycles. The third kappa shape index (κ3) is 0.595. The van der Waals surface area contributed by atoms with Crippen LogP contribution < -0.4 is 5.43 Å². The molecule has 0 bridgehead atoms. The van der Waals surface area contributed by atoms with Crippen LogP contribution in [0, 0.1) is 0 Å². The number of rotatable bonds is 0. The van der Waals surface area contributed by atoms with Gasteiger partial charge in [0.15, 0.2) is 0 Å². The molecule has 0 saturated carbocycles. The molecule has 0 atom stereocenters. The van der Waals surface area contributed by atoms with Crippen LogP contribution >= 0.6 is 0 Å². The van der Waals surface area contributed by atoms with Crippen molar-refractivity contribution in [3.05, 3.63) is 12.5 Å². The van der Waals surface area contributed by atoms with Crippen molar-refractivity contribution in [1.82, 2.24) is 9.55 Å². The Balaban J connectivity index is 2.46. The van der Waals surface area contributed by atoms with Crippen molar-refractivity contribution in [2.75, 3.05) is 5.43 Å². The van der Waals surface area contributed by atoms with E-state index in [2.05, 4.69) is 15.5 Å². The molecule has 1 N–H and O–H groups in total. The summed E-state index contributed by atoms with van der Waals surface area (Å²) in [5.74, 6) is 0.956. The van der Waals surface area contributed by atoms with Crippen LogP contribution in [-0.4, -0.2) is 15.8 Å². The summed E-state index contributed by atoms with van der Waals surface area (Å²) in [5.41, 5.74) is 2.81. The van der Waals surface area contributed by atoms with Crippen molar-refractivity contribution in [3.63, 3.8) is 0 Å². The number of hydrogen-bond donors (Lipinski definition) is 1. The lowest BCUT2D eigenvalue weighted by atomic mass is 10.6. The van der Waals surface area contributed by atoms with E-state index in [0.29, 0.717) is 0 Å². The van der Waals surface area contributed by atoms with Gasteiger partial charge in [-0.25, -0.2) is 4.98 Å². The van der Waals surface area contributed by atoms with Crippen molar-refractivity contribution < 1.29 is 0 Å². The van der Waals surface area contributed by atoms with Gasteiger partial charge < -0.3 is 4.57 Å². The van der Waals surface area contributed by atoms with Gasteiger partial charge in [-0.2, -0.15) is 5.10 Å². The highest BCUT2D eigenvalue weighted by Gasteiger charge is 2.00. The average molecular weight is 122 g/mol. The van der Waals surface area contributed by atoms with Gasteiger partial charge in [-0.15, -0.1) is 0 Å². The van der Waals surface area contributed by atoms with E-state index in [0.717, 1.165) is 12.4 Å². The minimum absolute atomic E-state index is 0.822. The molecule has 1 aliphatic rings. The van der Waals surface area contributed by atoms with Crippen LogP contribution in [0.1, 0.15) is 0 Å². The van der Waals surface area contributed by atoms with Gasteiger partial charge in [0, 0.05) is 6.21 Å². The zero-order valence-electron chi connectivity index (χ0n) is 4.78. The van der Waals surface area contributed by atoms with Gasteiger partial charge in [0.2, 0.25) is 0 Å². The fourth-order valence-electron chi connectivity index (χ4n) is 0.800. The Hall–Kier alpha value is -1.32. The van der Waals surface area contributed by atoms with Crippen molar-refractivity contribution >= 4 is 12.0 Å². The van der Waals surface area contributed by atoms with Crippen LogP contribution in [0.2, 0.25) is 0 Å². The van der Waals surface area contributed by atoms with Gasteiger partial charge in [-0.05, 0) is 0 Å². The number of anilines is 1. The van der Waals surface area contributed by atoms with E-state index in [-0.39, 0.29) is 0 Å². The second kappa shape index (κ2) is 1.58. The molecule has 1 aromatic rings. The van der Waals surface area contributed by atoms with Crippen molar-refractivity contribution in [3.8, 4) is 0 Å². The first-order valence-corrected chi connectivity index (χ1v) is 2.74. The second-order valence-corrected chi connectivity index (χ2v) is 1.85. The van der Waals surface area contributed by atoms with E-state index in [1.54, 1.807) is 18.7 Å². The van der Waals surface area contributed by atoms with Crippen LogP contribution in [0.15, 0.2) is 17.6 Å². The fraction of sp³-hybridized carbons (Fsp3) is 0.200. The molecule has 0 amide bonds. The van der Waals surface area contributed by atoms with E-state index in [1.807, 2.05) is 4.57 Å². The molecule has 0 radical (unpaired) electrons. The summed E-state index contributed by atoms with van der Waals surface area (Å²) in [5, 5.41) is 3.85. The predicted molar refractivity (Wildman–Crippen MR) is 34.3 cm³/mol. The smallest absolute Gasteiger partial charge is 0.146 e. The summed E-state index contributed by atoms with van der Waals surface area (Å²) >= 11 is 0. The maximum atomic E-state index is 3.92. The Labute approximate surface area is 52.2 Å². The first-order valence-electron chi connectivity index (χ1n) is 2.74. The fourth-order valence-corrected chi connectivity index (χ4v) is 0.800. The quantitative estimate of drug-likeness (QED) is 0.537. The molecule has 0 saturated heterocycles. The van der Waals surface area contributed by atoms with Gasteiger partial charge >= 0.3 is 0 Å². The number of nitrogens with zero attached hydrogens (tertiary/aromatic N) is 3. The molecule has 2 rings (SSSR count). The third-order valence-electron chi connectivity index (χ3n) is 1.26. The van der Waals surface area contributed by atoms with Crippen molar-refractivity contribution in [1.29, 1.82) is 0 Å². The number of imidazole rings is 1. The van der Waals surface area contributed by atoms with E-state index in [4.69, 9.17) is 0 Å². The molecule has 0 aromatic carbocycles. The topological polar surface area (TPSA) is 42.2 Å². The van der Waals surface area contributed by atoms with E-state index >= 15 is 0 Å². The molecule has 2 heterocycles. The molecule has 4 nitrogen and oxygen atoms in total. The zero-order chi connectivity index (χ0) is 6.10. The Kier molecular flexibility index (Phi) is 0.798. The van der Waals surface area contributed by atoms with Crippen molar-refractivity contribution in [2.24, 2.45) is 5.10 Å². The molecule has 1 aromatic heterocycles. The normalized spacial score (nSPS) is 14.7. The SMILES string of the molecule is C1=NNc2cncn2C1. The van der Waals surface area contributed by atoms with Crippen LogP contribution in [0.25, 0.3) is 0 Å². The number of aromatic nitrogens is 2. The monoisotopic (exact) mass is 122 g/mol. The Morgan fingerprint density at radius 3 is 3.56 bits per heavy atom. The highest BCUT2D eigenvalue weighted by atomic mass is 15.4. The average Bonchev–Trinajstić information content (AvgIpc) is 2.33. The van der Waals surface area contributed by atoms with Gasteiger partial charge in [0.1, 0.15) is 5.82 Å². The van der Waals surface area contributed by atoms with Gasteiger partial charge in [-0.1, -0.05) is 0 Å². The minimum Gasteiger partial charge on any atom is -0.311 e. The third-order valence-corrected chi connectivity index (χ3v) is 1.26. The highest BCUT2D eigenvalue weighted by Crippen LogP contribution is 2.07. The van der Waals surface area contributed by atoms with Gasteiger partial charge in [-0.3, -0.25) is 5.43 Å². The predicted octanol–water partition coefficient (Wildman–Crippen LogP) is 0.294. The molecule has 9 heavy (non-hydrogen) atoms. The molecule has 1 aliphatic heterocycles. The molecule has 0 unspecified atom stereocenters. The summed E-state index contributed by atoms with van der Waals surface area (Å²) in [7, 11) is 0. The number of fused-ring (bicyclic) bond motifs is 1. The Bertz CT molecular complexity index is 214. The zero-order valence-corrected chi connectivity index (χ0v) is 4.78. The summed E-state index contributed by atoms with van der Waals surface area (Å²) in [6, 6.07) is 0. The maximum absolute atomic E-state index is 3.92. The van der Waals surface area contributed by atoms with E-state index in [1.165, 1.54) is 0 Å². The lowest BCUT2D eigenvalue weighted by molar-refractivity contribution is 0.843. The van der Waals surface area contributed by atoms with Gasteiger partial charge in [0.05, 0.1) is 19.1 Å². The Morgan fingerprint density at radius 1 is 1.67 bits per heavy atom. The first kappa shape index (κ1) is 4.55. The summed E-state index contributed by atoms with van der Waals surface area (Å²) in [4.78, 5) is 3.92. The molecular formula is C5H6N4. The number of nitrogens with one attached hydrogen (secondary N) is 1. The summed E-state index contributed by atoms with van der Waals surface area (Å²) in [6.07, 6.45) is 5.32. The van der Waals surface area contributed by atoms with Gasteiger partial charge in [0.25, 0.3) is 0 Å². The molecule has 4 heteroatoms.